The second-order valence-electron chi connectivity index (χ2n) is 8.42. The maximum atomic E-state index is 12.0. The number of halogens is 1. The van der Waals surface area contributed by atoms with Gasteiger partial charge >= 0.3 is 0 Å². The number of hydrogen-bond donors (Lipinski definition) is 3. The van der Waals surface area contributed by atoms with Crippen LogP contribution in [0, 0.1) is 0 Å². The summed E-state index contributed by atoms with van der Waals surface area (Å²) in [5.41, 5.74) is 0.874. The summed E-state index contributed by atoms with van der Waals surface area (Å²) in [6, 6.07) is 14.6. The van der Waals surface area contributed by atoms with Crippen molar-refractivity contribution in [2.45, 2.75) is 44.3 Å². The molecule has 0 heterocycles. The zero-order chi connectivity index (χ0) is 24.0. The molecular formula is C26H35ClN2O5. The van der Waals surface area contributed by atoms with E-state index in [4.69, 9.17) is 25.8 Å². The van der Waals surface area contributed by atoms with Crippen LogP contribution in [0.3, 0.4) is 0 Å². The van der Waals surface area contributed by atoms with Crippen LogP contribution in [0.25, 0.3) is 0 Å². The van der Waals surface area contributed by atoms with E-state index in [9.17, 15) is 9.90 Å². The third-order valence-corrected chi connectivity index (χ3v) is 5.77. The molecule has 2 aromatic rings. The van der Waals surface area contributed by atoms with E-state index in [1.54, 1.807) is 12.1 Å². The van der Waals surface area contributed by atoms with Gasteiger partial charge in [-0.1, -0.05) is 36.6 Å². The van der Waals surface area contributed by atoms with Gasteiger partial charge in [0.1, 0.15) is 30.8 Å². The van der Waals surface area contributed by atoms with E-state index in [-0.39, 0.29) is 18.9 Å². The van der Waals surface area contributed by atoms with Crippen LogP contribution in [0.2, 0.25) is 5.02 Å². The van der Waals surface area contributed by atoms with Crippen LogP contribution in [0.5, 0.6) is 11.5 Å². The molecule has 0 saturated heterocycles. The molecule has 0 spiro atoms. The van der Waals surface area contributed by atoms with Gasteiger partial charge in [-0.25, -0.2) is 0 Å². The Kier molecular flexibility index (Phi) is 11.5. The summed E-state index contributed by atoms with van der Waals surface area (Å²) in [5, 5.41) is 16.7. The summed E-state index contributed by atoms with van der Waals surface area (Å²) in [7, 11) is 0. The molecule has 0 aliphatic heterocycles. The van der Waals surface area contributed by atoms with Gasteiger partial charge in [0.05, 0.1) is 19.1 Å². The highest BCUT2D eigenvalue weighted by Gasteiger charge is 2.14. The smallest absolute Gasteiger partial charge is 0.224 e. The predicted octanol–water partition coefficient (Wildman–Crippen LogP) is 3.37. The summed E-state index contributed by atoms with van der Waals surface area (Å²) in [6.45, 7) is 2.70. The number of aliphatic hydroxyl groups excluding tert-OH is 1. The van der Waals surface area contributed by atoms with Crippen molar-refractivity contribution in [3.63, 3.8) is 0 Å². The summed E-state index contributed by atoms with van der Waals surface area (Å²) in [6.07, 6.45) is 4.88. The number of aliphatic hydroxyl groups is 1. The van der Waals surface area contributed by atoms with Crippen molar-refractivity contribution in [1.29, 1.82) is 0 Å². The van der Waals surface area contributed by atoms with Crippen LogP contribution in [0.15, 0.2) is 48.5 Å². The molecule has 0 radical (unpaired) electrons. The number of carbonyl (C=O) groups is 1. The fourth-order valence-corrected chi connectivity index (χ4v) is 3.98. The third-order valence-electron chi connectivity index (χ3n) is 5.53. The molecular weight excluding hydrogens is 456 g/mol. The first-order valence-electron chi connectivity index (χ1n) is 12.0. The quantitative estimate of drug-likeness (QED) is 0.332. The van der Waals surface area contributed by atoms with Crippen LogP contribution in [-0.2, 0) is 16.0 Å². The lowest BCUT2D eigenvalue weighted by molar-refractivity contribution is -0.120. The lowest BCUT2D eigenvalue weighted by atomic mass is 10.1. The zero-order valence-corrected chi connectivity index (χ0v) is 20.3. The lowest BCUT2D eigenvalue weighted by Crippen LogP contribution is -2.37. The zero-order valence-electron chi connectivity index (χ0n) is 19.5. The highest BCUT2D eigenvalue weighted by atomic mass is 35.5. The van der Waals surface area contributed by atoms with Gasteiger partial charge in [-0.3, -0.25) is 4.79 Å². The monoisotopic (exact) mass is 490 g/mol. The number of hydrogen-bond acceptors (Lipinski definition) is 6. The second kappa shape index (κ2) is 14.8. The largest absolute Gasteiger partial charge is 0.491 e. The van der Waals surface area contributed by atoms with Crippen molar-refractivity contribution in [2.75, 3.05) is 39.5 Å². The van der Waals surface area contributed by atoms with Gasteiger partial charge < -0.3 is 30.0 Å². The van der Waals surface area contributed by atoms with E-state index in [0.29, 0.717) is 49.7 Å². The Morgan fingerprint density at radius 1 is 1.03 bits per heavy atom. The topological polar surface area (TPSA) is 89.1 Å². The van der Waals surface area contributed by atoms with Crippen LogP contribution >= 0.6 is 11.6 Å². The molecule has 1 fully saturated rings. The molecule has 1 amide bonds. The van der Waals surface area contributed by atoms with Crippen LogP contribution in [0.4, 0.5) is 0 Å². The van der Waals surface area contributed by atoms with E-state index < -0.39 is 6.10 Å². The molecule has 0 bridgehead atoms. The first-order valence-corrected chi connectivity index (χ1v) is 12.3. The van der Waals surface area contributed by atoms with Crippen LogP contribution in [-0.4, -0.2) is 62.7 Å². The Morgan fingerprint density at radius 3 is 2.50 bits per heavy atom. The fraction of sp³-hybridized carbons (Fsp3) is 0.500. The SMILES string of the molecule is O=C(Cc1cccc(Cl)c1)NCCNCC(O)COc1ccc(OCCOC2CCCC2)cc1. The number of benzene rings is 2. The van der Waals surface area contributed by atoms with Gasteiger partial charge in [0, 0.05) is 24.7 Å². The van der Waals surface area contributed by atoms with Crippen LogP contribution < -0.4 is 20.1 Å². The average Bonchev–Trinajstić information content (AvgIpc) is 3.35. The Labute approximate surface area is 206 Å². The van der Waals surface area contributed by atoms with Gasteiger partial charge in [-0.2, -0.15) is 0 Å². The van der Waals surface area contributed by atoms with Gasteiger partial charge in [-0.15, -0.1) is 0 Å². The van der Waals surface area contributed by atoms with Crippen molar-refractivity contribution in [3.8, 4) is 11.5 Å². The fourth-order valence-electron chi connectivity index (χ4n) is 3.77. The van der Waals surface area contributed by atoms with E-state index in [1.165, 1.54) is 12.8 Å². The highest BCUT2D eigenvalue weighted by Crippen LogP contribution is 2.21. The van der Waals surface area contributed by atoms with Crippen molar-refractivity contribution >= 4 is 17.5 Å². The molecule has 0 aromatic heterocycles. The standard InChI is InChI=1S/C26H35ClN2O5/c27-21-5-3-4-20(16-21)17-26(31)29-13-12-28-18-22(30)19-34-25-10-8-24(9-11-25)33-15-14-32-23-6-1-2-7-23/h3-5,8-11,16,22-23,28,30H,1-2,6-7,12-15,17-19H2,(H,29,31). The maximum Gasteiger partial charge on any atom is 0.224 e. The molecule has 1 atom stereocenters. The number of rotatable bonds is 15. The molecule has 1 aliphatic carbocycles. The summed E-state index contributed by atoms with van der Waals surface area (Å²) in [4.78, 5) is 12.0. The van der Waals surface area contributed by atoms with E-state index in [0.717, 1.165) is 24.2 Å². The maximum absolute atomic E-state index is 12.0. The van der Waals surface area contributed by atoms with E-state index in [2.05, 4.69) is 10.6 Å². The molecule has 8 heteroatoms. The minimum Gasteiger partial charge on any atom is -0.491 e. The first-order chi connectivity index (χ1) is 16.6. The molecule has 7 nitrogen and oxygen atoms in total. The summed E-state index contributed by atoms with van der Waals surface area (Å²) < 4.78 is 17.1. The molecule has 1 unspecified atom stereocenters. The molecule has 34 heavy (non-hydrogen) atoms. The first kappa shape index (κ1) is 26.3. The molecule has 2 aromatic carbocycles. The van der Waals surface area contributed by atoms with Crippen LogP contribution in [0.1, 0.15) is 31.2 Å². The second-order valence-corrected chi connectivity index (χ2v) is 8.86. The van der Waals surface area contributed by atoms with Gasteiger partial charge in [-0.05, 0) is 54.8 Å². The Hall–Kier alpha value is -2.32. The summed E-state index contributed by atoms with van der Waals surface area (Å²) in [5.74, 6) is 1.37. The number of amides is 1. The number of nitrogens with one attached hydrogen (secondary N) is 2. The van der Waals surface area contributed by atoms with Crippen molar-refractivity contribution in [2.24, 2.45) is 0 Å². The molecule has 186 valence electrons. The van der Waals surface area contributed by atoms with E-state index >= 15 is 0 Å². The third kappa shape index (κ3) is 10.3. The van der Waals surface area contributed by atoms with Gasteiger partial charge in [0.25, 0.3) is 0 Å². The minimum absolute atomic E-state index is 0.0679. The highest BCUT2D eigenvalue weighted by molar-refractivity contribution is 6.30. The lowest BCUT2D eigenvalue weighted by Gasteiger charge is -2.14. The molecule has 3 rings (SSSR count). The van der Waals surface area contributed by atoms with Gasteiger partial charge in [0.2, 0.25) is 5.91 Å². The normalized spacial score (nSPS) is 14.6. The predicted molar refractivity (Wildman–Crippen MR) is 133 cm³/mol. The Morgan fingerprint density at radius 2 is 1.76 bits per heavy atom. The molecule has 1 saturated carbocycles. The minimum atomic E-state index is -0.661. The molecule has 1 aliphatic rings. The van der Waals surface area contributed by atoms with Crippen molar-refractivity contribution in [3.05, 3.63) is 59.1 Å². The number of carbonyl (C=O) groups excluding carboxylic acids is 1. The Bertz CT molecular complexity index is 859. The molecule has 3 N–H and O–H groups in total. The van der Waals surface area contributed by atoms with Crippen molar-refractivity contribution < 1.29 is 24.1 Å². The average molecular weight is 491 g/mol. The summed E-state index contributed by atoms with van der Waals surface area (Å²) >= 11 is 5.93. The van der Waals surface area contributed by atoms with Gasteiger partial charge in [0.15, 0.2) is 0 Å². The van der Waals surface area contributed by atoms with Crippen molar-refractivity contribution in [1.82, 2.24) is 10.6 Å². The van der Waals surface area contributed by atoms with E-state index in [1.807, 2.05) is 36.4 Å². The number of ether oxygens (including phenoxy) is 3. The Balaban J connectivity index is 1.20.